The summed E-state index contributed by atoms with van der Waals surface area (Å²) < 4.78 is 5.91. The van der Waals surface area contributed by atoms with E-state index < -0.39 is 0 Å². The molecule has 1 saturated heterocycles. The van der Waals surface area contributed by atoms with E-state index in [0.29, 0.717) is 18.0 Å². The predicted octanol–water partition coefficient (Wildman–Crippen LogP) is 2.13. The molecule has 0 bridgehead atoms. The fourth-order valence-electron chi connectivity index (χ4n) is 2.72. The van der Waals surface area contributed by atoms with Crippen LogP contribution in [0.4, 0.5) is 5.69 Å². The number of nitrogens with zero attached hydrogens (tertiary/aromatic N) is 1. The van der Waals surface area contributed by atoms with E-state index >= 15 is 0 Å². The number of nitrogens with two attached hydrogens (primary N) is 1. The standard InChI is InChI=1S/C15H23N3O2/c1-3-15(4-2)10-12(6-8-20-15)18-14(19)13-9-11(16)5-7-17-13/h5,7,9,12H,3-4,6,8,10H2,1-2H3,(H2,16,17)(H,18,19). The van der Waals surface area contributed by atoms with Crippen LogP contribution in [0.25, 0.3) is 0 Å². The summed E-state index contributed by atoms with van der Waals surface area (Å²) in [5.74, 6) is -0.162. The number of aromatic nitrogens is 1. The largest absolute Gasteiger partial charge is 0.399 e. The number of carbonyl (C=O) groups is 1. The molecule has 1 aliphatic rings. The smallest absolute Gasteiger partial charge is 0.270 e. The minimum atomic E-state index is -0.162. The Kier molecular flexibility index (Phi) is 4.60. The van der Waals surface area contributed by atoms with Gasteiger partial charge in [0.15, 0.2) is 0 Å². The molecule has 1 amide bonds. The maximum atomic E-state index is 12.2. The van der Waals surface area contributed by atoms with E-state index in [1.165, 1.54) is 0 Å². The van der Waals surface area contributed by atoms with E-state index in [-0.39, 0.29) is 17.6 Å². The van der Waals surface area contributed by atoms with Crippen molar-refractivity contribution in [2.24, 2.45) is 0 Å². The molecule has 5 nitrogen and oxygen atoms in total. The van der Waals surface area contributed by atoms with Crippen LogP contribution in [0.1, 0.15) is 50.0 Å². The molecule has 1 atom stereocenters. The lowest BCUT2D eigenvalue weighted by Crippen LogP contribution is -2.48. The Bertz CT molecular complexity index is 472. The van der Waals surface area contributed by atoms with Gasteiger partial charge in [0.2, 0.25) is 0 Å². The Morgan fingerprint density at radius 3 is 2.95 bits per heavy atom. The Morgan fingerprint density at radius 2 is 2.30 bits per heavy atom. The third-order valence-corrected chi connectivity index (χ3v) is 4.13. The molecule has 3 N–H and O–H groups in total. The SMILES string of the molecule is CCC1(CC)CC(NC(=O)c2cc(N)ccn2)CCO1. The van der Waals surface area contributed by atoms with Crippen LogP contribution < -0.4 is 11.1 Å². The zero-order valence-corrected chi connectivity index (χ0v) is 12.2. The number of amides is 1. The average Bonchev–Trinajstić information content (AvgIpc) is 2.47. The first-order valence-corrected chi connectivity index (χ1v) is 7.25. The second kappa shape index (κ2) is 6.22. The molecule has 0 aromatic carbocycles. The monoisotopic (exact) mass is 277 g/mol. The molecule has 2 heterocycles. The van der Waals surface area contributed by atoms with Gasteiger partial charge in [-0.1, -0.05) is 13.8 Å². The van der Waals surface area contributed by atoms with Crippen molar-refractivity contribution in [1.29, 1.82) is 0 Å². The molecule has 0 saturated carbocycles. The molecule has 20 heavy (non-hydrogen) atoms. The molecule has 1 aliphatic heterocycles. The minimum Gasteiger partial charge on any atom is -0.399 e. The number of nitrogens with one attached hydrogen (secondary N) is 1. The van der Waals surface area contributed by atoms with Crippen molar-refractivity contribution < 1.29 is 9.53 Å². The molecule has 0 spiro atoms. The number of anilines is 1. The Morgan fingerprint density at radius 1 is 1.55 bits per heavy atom. The lowest BCUT2D eigenvalue weighted by atomic mass is 9.86. The Hall–Kier alpha value is -1.62. The van der Waals surface area contributed by atoms with E-state index in [1.54, 1.807) is 18.3 Å². The van der Waals surface area contributed by atoms with Crippen LogP contribution in [0.5, 0.6) is 0 Å². The lowest BCUT2D eigenvalue weighted by molar-refractivity contribution is -0.0917. The molecular weight excluding hydrogens is 254 g/mol. The lowest BCUT2D eigenvalue weighted by Gasteiger charge is -2.40. The number of hydrogen-bond donors (Lipinski definition) is 2. The van der Waals surface area contributed by atoms with Gasteiger partial charge in [-0.05, 0) is 37.8 Å². The van der Waals surface area contributed by atoms with Crippen molar-refractivity contribution in [3.8, 4) is 0 Å². The first-order valence-electron chi connectivity index (χ1n) is 7.25. The van der Waals surface area contributed by atoms with E-state index in [9.17, 15) is 4.79 Å². The van der Waals surface area contributed by atoms with Gasteiger partial charge in [-0.15, -0.1) is 0 Å². The first-order chi connectivity index (χ1) is 9.58. The maximum absolute atomic E-state index is 12.2. The average molecular weight is 277 g/mol. The fraction of sp³-hybridized carbons (Fsp3) is 0.600. The van der Waals surface area contributed by atoms with Crippen molar-refractivity contribution in [2.75, 3.05) is 12.3 Å². The van der Waals surface area contributed by atoms with Gasteiger partial charge in [0.1, 0.15) is 5.69 Å². The second-order valence-electron chi connectivity index (χ2n) is 5.38. The number of carbonyl (C=O) groups excluding carboxylic acids is 1. The van der Waals surface area contributed by atoms with Gasteiger partial charge in [-0.3, -0.25) is 9.78 Å². The van der Waals surface area contributed by atoms with Gasteiger partial charge in [0.25, 0.3) is 5.91 Å². The van der Waals surface area contributed by atoms with Gasteiger partial charge in [0.05, 0.1) is 5.60 Å². The highest BCUT2D eigenvalue weighted by atomic mass is 16.5. The summed E-state index contributed by atoms with van der Waals surface area (Å²) in [6.45, 7) is 4.96. The number of pyridine rings is 1. The van der Waals surface area contributed by atoms with Gasteiger partial charge in [-0.2, -0.15) is 0 Å². The van der Waals surface area contributed by atoms with Gasteiger partial charge >= 0.3 is 0 Å². The zero-order chi connectivity index (χ0) is 14.6. The highest BCUT2D eigenvalue weighted by Crippen LogP contribution is 2.31. The van der Waals surface area contributed by atoms with Gasteiger partial charge in [0, 0.05) is 24.5 Å². The molecular formula is C15H23N3O2. The Labute approximate surface area is 119 Å². The zero-order valence-electron chi connectivity index (χ0n) is 12.2. The van der Waals surface area contributed by atoms with Crippen molar-refractivity contribution in [2.45, 2.75) is 51.2 Å². The molecule has 0 aliphatic carbocycles. The van der Waals surface area contributed by atoms with Gasteiger partial charge < -0.3 is 15.8 Å². The van der Waals surface area contributed by atoms with Crippen LogP contribution >= 0.6 is 0 Å². The molecule has 0 radical (unpaired) electrons. The molecule has 1 unspecified atom stereocenters. The van der Waals surface area contributed by atoms with Crippen molar-refractivity contribution in [3.63, 3.8) is 0 Å². The maximum Gasteiger partial charge on any atom is 0.270 e. The summed E-state index contributed by atoms with van der Waals surface area (Å²) in [7, 11) is 0. The minimum absolute atomic E-state index is 0.0979. The normalized spacial score (nSPS) is 21.4. The van der Waals surface area contributed by atoms with Crippen LogP contribution in [-0.4, -0.2) is 29.1 Å². The summed E-state index contributed by atoms with van der Waals surface area (Å²) in [5, 5.41) is 3.05. The van der Waals surface area contributed by atoms with E-state index in [0.717, 1.165) is 25.7 Å². The number of hydrogen-bond acceptors (Lipinski definition) is 4. The van der Waals surface area contributed by atoms with Crippen molar-refractivity contribution >= 4 is 11.6 Å². The van der Waals surface area contributed by atoms with Crippen molar-refractivity contribution in [1.82, 2.24) is 10.3 Å². The topological polar surface area (TPSA) is 77.2 Å². The highest BCUT2D eigenvalue weighted by Gasteiger charge is 2.35. The van der Waals surface area contributed by atoms with Crippen LogP contribution in [-0.2, 0) is 4.74 Å². The third kappa shape index (κ3) is 3.28. The van der Waals surface area contributed by atoms with E-state index in [4.69, 9.17) is 10.5 Å². The first kappa shape index (κ1) is 14.8. The predicted molar refractivity (Wildman–Crippen MR) is 78.4 cm³/mol. The van der Waals surface area contributed by atoms with Crippen LogP contribution in [0, 0.1) is 0 Å². The molecule has 1 fully saturated rings. The number of rotatable bonds is 4. The molecule has 2 rings (SSSR count). The summed E-state index contributed by atoms with van der Waals surface area (Å²) in [4.78, 5) is 16.2. The van der Waals surface area contributed by atoms with Crippen LogP contribution in [0.2, 0.25) is 0 Å². The molecule has 110 valence electrons. The summed E-state index contributed by atoms with van der Waals surface area (Å²) in [6, 6.07) is 3.41. The number of nitrogen functional groups attached to an aromatic ring is 1. The summed E-state index contributed by atoms with van der Waals surface area (Å²) >= 11 is 0. The summed E-state index contributed by atoms with van der Waals surface area (Å²) in [5.41, 5.74) is 6.50. The second-order valence-corrected chi connectivity index (χ2v) is 5.38. The van der Waals surface area contributed by atoms with Gasteiger partial charge in [-0.25, -0.2) is 0 Å². The Balaban J connectivity index is 2.01. The van der Waals surface area contributed by atoms with Crippen LogP contribution in [0.15, 0.2) is 18.3 Å². The fourth-order valence-corrected chi connectivity index (χ4v) is 2.72. The highest BCUT2D eigenvalue weighted by molar-refractivity contribution is 5.93. The van der Waals surface area contributed by atoms with Crippen LogP contribution in [0.3, 0.4) is 0 Å². The summed E-state index contributed by atoms with van der Waals surface area (Å²) in [6.07, 6.45) is 5.18. The quantitative estimate of drug-likeness (QED) is 0.884. The number of ether oxygens (including phenoxy) is 1. The molecule has 1 aromatic rings. The van der Waals surface area contributed by atoms with E-state index in [2.05, 4.69) is 24.1 Å². The van der Waals surface area contributed by atoms with Crippen molar-refractivity contribution in [3.05, 3.63) is 24.0 Å². The third-order valence-electron chi connectivity index (χ3n) is 4.13. The van der Waals surface area contributed by atoms with E-state index in [1.807, 2.05) is 0 Å². The molecule has 1 aromatic heterocycles. The molecule has 5 heteroatoms.